The van der Waals surface area contributed by atoms with Crippen molar-refractivity contribution in [2.45, 2.75) is 25.2 Å². The van der Waals surface area contributed by atoms with Gasteiger partial charge in [-0.15, -0.1) is 0 Å². The third kappa shape index (κ3) is 2.66. The van der Waals surface area contributed by atoms with Gasteiger partial charge in [0, 0.05) is 6.54 Å². The standard InChI is InChI=1S/C6H9FN2O5S.Na/c7-5-2-1-4-3-8(5)6(10)9(4)14-15(11,12)13;/h4-5H,1-3H2,(H,11,12,13);/q;+1/p-1/t4-,5+;/m1./s1. The summed E-state index contributed by atoms with van der Waals surface area (Å²) in [6.07, 6.45) is -1.04. The number of fused-ring (bicyclic) bond motifs is 2. The van der Waals surface area contributed by atoms with Crippen LogP contribution in [0.2, 0.25) is 0 Å². The molecular formula is C6H8FN2NaO5S. The van der Waals surface area contributed by atoms with Crippen LogP contribution in [-0.2, 0) is 14.7 Å². The van der Waals surface area contributed by atoms with E-state index in [1.165, 1.54) is 0 Å². The zero-order chi connectivity index (χ0) is 11.2. The molecule has 0 spiro atoms. The van der Waals surface area contributed by atoms with Crippen LogP contribution < -0.4 is 29.6 Å². The Morgan fingerprint density at radius 3 is 2.56 bits per heavy atom. The van der Waals surface area contributed by atoms with Gasteiger partial charge in [-0.3, -0.25) is 4.90 Å². The summed E-state index contributed by atoms with van der Waals surface area (Å²) in [7, 11) is -4.99. The number of hydroxylamine groups is 2. The van der Waals surface area contributed by atoms with Gasteiger partial charge < -0.3 is 4.55 Å². The van der Waals surface area contributed by atoms with Crippen LogP contribution in [0.15, 0.2) is 0 Å². The number of urea groups is 1. The molecule has 0 aliphatic carbocycles. The maximum Gasteiger partial charge on any atom is 1.00 e. The van der Waals surface area contributed by atoms with E-state index >= 15 is 0 Å². The summed E-state index contributed by atoms with van der Waals surface area (Å²) in [5.41, 5.74) is 0. The van der Waals surface area contributed by atoms with E-state index in [1.54, 1.807) is 0 Å². The minimum absolute atomic E-state index is 0. The molecule has 0 unspecified atom stereocenters. The van der Waals surface area contributed by atoms with Crippen molar-refractivity contribution in [2.24, 2.45) is 0 Å². The van der Waals surface area contributed by atoms with Crippen LogP contribution in [0.3, 0.4) is 0 Å². The Labute approximate surface area is 114 Å². The summed E-state index contributed by atoms with van der Waals surface area (Å²) in [6, 6.07) is -1.47. The van der Waals surface area contributed by atoms with Gasteiger partial charge in [0.2, 0.25) is 10.4 Å². The monoisotopic (exact) mass is 262 g/mol. The van der Waals surface area contributed by atoms with Crippen molar-refractivity contribution < 1.29 is 56.0 Å². The molecule has 0 aromatic rings. The Bertz CT molecular complexity index is 390. The Kier molecular flexibility index (Phi) is 4.19. The predicted octanol–water partition coefficient (Wildman–Crippen LogP) is -3.42. The van der Waals surface area contributed by atoms with Crippen molar-refractivity contribution in [3.63, 3.8) is 0 Å². The molecule has 16 heavy (non-hydrogen) atoms. The van der Waals surface area contributed by atoms with Crippen LogP contribution >= 0.6 is 0 Å². The van der Waals surface area contributed by atoms with Crippen molar-refractivity contribution in [3.8, 4) is 0 Å². The SMILES string of the molecule is O=C1N2C[C@@H](CC[C@H]2F)N1OS(=O)(=O)[O-].[Na+]. The number of amides is 2. The summed E-state index contributed by atoms with van der Waals surface area (Å²) in [5, 5.41) is 0.446. The van der Waals surface area contributed by atoms with E-state index in [1.807, 2.05) is 0 Å². The smallest absolute Gasteiger partial charge is 0.724 e. The number of carbonyl (C=O) groups excluding carboxylic acids is 1. The molecule has 86 valence electrons. The van der Waals surface area contributed by atoms with Crippen LogP contribution in [0.5, 0.6) is 0 Å². The molecule has 0 saturated carbocycles. The van der Waals surface area contributed by atoms with E-state index < -0.39 is 28.8 Å². The zero-order valence-electron chi connectivity index (χ0n) is 8.50. The first-order chi connectivity index (χ1) is 6.88. The second kappa shape index (κ2) is 4.75. The normalized spacial score (nSPS) is 29.2. The zero-order valence-corrected chi connectivity index (χ0v) is 11.3. The van der Waals surface area contributed by atoms with Gasteiger partial charge in [0.25, 0.3) is 0 Å². The van der Waals surface area contributed by atoms with Crippen LogP contribution in [0.4, 0.5) is 9.18 Å². The summed E-state index contributed by atoms with van der Waals surface area (Å²) in [6.45, 7) is 0.0511. The fourth-order valence-electron chi connectivity index (χ4n) is 1.78. The molecule has 0 radical (unpaired) electrons. The van der Waals surface area contributed by atoms with Gasteiger partial charge >= 0.3 is 35.6 Å². The fraction of sp³-hybridized carbons (Fsp3) is 0.833. The average molecular weight is 262 g/mol. The fourth-order valence-corrected chi connectivity index (χ4v) is 2.16. The molecule has 2 aliphatic heterocycles. The van der Waals surface area contributed by atoms with E-state index in [0.717, 1.165) is 4.90 Å². The summed E-state index contributed by atoms with van der Waals surface area (Å²) >= 11 is 0. The maximum atomic E-state index is 13.1. The molecular weight excluding hydrogens is 254 g/mol. The number of hydrogen-bond acceptors (Lipinski definition) is 5. The van der Waals surface area contributed by atoms with Crippen molar-refractivity contribution >= 4 is 16.4 Å². The second-order valence-corrected chi connectivity index (χ2v) is 4.37. The molecule has 2 aliphatic rings. The number of rotatable bonds is 2. The molecule has 10 heteroatoms. The van der Waals surface area contributed by atoms with E-state index in [9.17, 15) is 22.2 Å². The molecule has 2 bridgehead atoms. The first-order valence-electron chi connectivity index (χ1n) is 4.28. The molecule has 2 amide bonds. The number of hydrogen-bond donors (Lipinski definition) is 0. The number of carbonyl (C=O) groups is 1. The largest absolute Gasteiger partial charge is 1.00 e. The molecule has 7 nitrogen and oxygen atoms in total. The molecule has 2 fully saturated rings. The molecule has 2 heterocycles. The molecule has 0 aromatic carbocycles. The van der Waals surface area contributed by atoms with Crippen LogP contribution in [-0.4, -0.2) is 47.8 Å². The molecule has 2 rings (SSSR count). The Morgan fingerprint density at radius 2 is 2.06 bits per heavy atom. The van der Waals surface area contributed by atoms with Gasteiger partial charge in [-0.2, -0.15) is 9.35 Å². The van der Waals surface area contributed by atoms with Gasteiger partial charge in [-0.25, -0.2) is 17.6 Å². The molecule has 0 aromatic heterocycles. The first-order valence-corrected chi connectivity index (χ1v) is 5.61. The first kappa shape index (κ1) is 14.1. The van der Waals surface area contributed by atoms with Crippen LogP contribution in [0.1, 0.15) is 12.8 Å². The number of halogens is 1. The van der Waals surface area contributed by atoms with E-state index in [0.29, 0.717) is 5.06 Å². The summed E-state index contributed by atoms with van der Waals surface area (Å²) < 4.78 is 48.0. The van der Waals surface area contributed by atoms with Crippen LogP contribution in [0, 0.1) is 0 Å². The molecule has 2 atom stereocenters. The van der Waals surface area contributed by atoms with Crippen LogP contribution in [0.25, 0.3) is 0 Å². The summed E-state index contributed by atoms with van der Waals surface area (Å²) in [4.78, 5) is 12.2. The number of nitrogens with zero attached hydrogens (tertiary/aromatic N) is 2. The van der Waals surface area contributed by atoms with Gasteiger partial charge in [0.1, 0.15) is 0 Å². The van der Waals surface area contributed by atoms with Crippen molar-refractivity contribution in [1.29, 1.82) is 0 Å². The minimum Gasteiger partial charge on any atom is -0.724 e. The van der Waals surface area contributed by atoms with Gasteiger partial charge in [-0.05, 0) is 12.8 Å². The Hall–Kier alpha value is 0.0700. The van der Waals surface area contributed by atoms with Gasteiger partial charge in [0.05, 0.1) is 6.04 Å². The van der Waals surface area contributed by atoms with Crippen molar-refractivity contribution in [3.05, 3.63) is 0 Å². The van der Waals surface area contributed by atoms with Crippen molar-refractivity contribution in [2.75, 3.05) is 6.54 Å². The van der Waals surface area contributed by atoms with E-state index in [-0.39, 0.29) is 48.9 Å². The molecule has 2 saturated heterocycles. The summed E-state index contributed by atoms with van der Waals surface area (Å²) in [5.74, 6) is 0. The van der Waals surface area contributed by atoms with Gasteiger partial charge in [-0.1, -0.05) is 0 Å². The third-order valence-corrected chi connectivity index (χ3v) is 2.76. The van der Waals surface area contributed by atoms with Gasteiger partial charge in [0.15, 0.2) is 6.30 Å². The van der Waals surface area contributed by atoms with E-state index in [4.69, 9.17) is 0 Å². The minimum atomic E-state index is -4.99. The van der Waals surface area contributed by atoms with E-state index in [2.05, 4.69) is 4.28 Å². The molecule has 0 N–H and O–H groups in total. The number of piperidine rings is 1. The van der Waals surface area contributed by atoms with Crippen molar-refractivity contribution in [1.82, 2.24) is 9.96 Å². The number of alkyl halides is 1. The maximum absolute atomic E-state index is 13.1. The Balaban J connectivity index is 0.00000128. The second-order valence-electron chi connectivity index (χ2n) is 3.41. The average Bonchev–Trinajstić information content (AvgIpc) is 2.35. The predicted molar refractivity (Wildman–Crippen MR) is 42.6 cm³/mol. The quantitative estimate of drug-likeness (QED) is 0.224. The Morgan fingerprint density at radius 1 is 1.44 bits per heavy atom. The topological polar surface area (TPSA) is 90.0 Å². The third-order valence-electron chi connectivity index (χ3n) is 2.42.